The molecule has 2 heterocycles. The van der Waals surface area contributed by atoms with Crippen molar-refractivity contribution in [3.8, 4) is 5.75 Å². The first-order valence-corrected chi connectivity index (χ1v) is 8.97. The van der Waals surface area contributed by atoms with Gasteiger partial charge >= 0.3 is 10.2 Å². The van der Waals surface area contributed by atoms with E-state index in [-0.39, 0.29) is 19.1 Å². The predicted octanol–water partition coefficient (Wildman–Crippen LogP) is 1.65. The highest BCUT2D eigenvalue weighted by atomic mass is 32.3. The topological polar surface area (TPSA) is 72.9 Å². The minimum atomic E-state index is -4.74. The van der Waals surface area contributed by atoms with E-state index in [4.69, 9.17) is 9.47 Å². The highest BCUT2D eigenvalue weighted by molar-refractivity contribution is 7.87. The fraction of sp³-hybridized carbons (Fsp3) is 0.533. The van der Waals surface area contributed by atoms with Gasteiger partial charge in [0.15, 0.2) is 0 Å². The summed E-state index contributed by atoms with van der Waals surface area (Å²) in [6.07, 6.45) is 1.15. The number of carbonyl (C=O) groups is 1. The van der Waals surface area contributed by atoms with Crippen molar-refractivity contribution in [2.24, 2.45) is 0 Å². The third kappa shape index (κ3) is 3.64. The first-order valence-electron chi connectivity index (χ1n) is 7.52. The maximum Gasteiger partial charge on any atom is 0.307 e. The first kappa shape index (κ1) is 16.2. The lowest BCUT2D eigenvalue weighted by atomic mass is 10.1. The summed E-state index contributed by atoms with van der Waals surface area (Å²) in [6.45, 7) is 1.06. The van der Waals surface area contributed by atoms with Gasteiger partial charge in [0.05, 0.1) is 18.9 Å². The Labute approximate surface area is 134 Å². The van der Waals surface area contributed by atoms with Gasteiger partial charge in [-0.15, -0.1) is 3.89 Å². The van der Waals surface area contributed by atoms with E-state index >= 15 is 0 Å². The second-order valence-corrected chi connectivity index (χ2v) is 7.32. The van der Waals surface area contributed by atoms with Crippen LogP contribution in [-0.2, 0) is 19.8 Å². The van der Waals surface area contributed by atoms with Gasteiger partial charge in [-0.2, -0.15) is 8.42 Å². The van der Waals surface area contributed by atoms with E-state index in [0.717, 1.165) is 12.8 Å². The molecule has 6 nitrogen and oxygen atoms in total. The lowest BCUT2D eigenvalue weighted by molar-refractivity contribution is -0.117. The molecule has 1 unspecified atom stereocenters. The molecule has 23 heavy (non-hydrogen) atoms. The van der Waals surface area contributed by atoms with Gasteiger partial charge in [0.1, 0.15) is 17.1 Å². The average Bonchev–Trinajstić information content (AvgIpc) is 2.91. The number of benzene rings is 1. The lowest BCUT2D eigenvalue weighted by Gasteiger charge is -2.26. The minimum Gasteiger partial charge on any atom is -0.488 e. The summed E-state index contributed by atoms with van der Waals surface area (Å²) in [5.74, 6) is 0.0870. The zero-order chi connectivity index (χ0) is 16.4. The Morgan fingerprint density at radius 3 is 2.57 bits per heavy atom. The van der Waals surface area contributed by atoms with Gasteiger partial charge in [-0.25, -0.2) is 0 Å². The molecular weight excluding hydrogens is 325 g/mol. The Hall–Kier alpha value is -1.67. The van der Waals surface area contributed by atoms with E-state index in [9.17, 15) is 17.1 Å². The van der Waals surface area contributed by atoms with Crippen LogP contribution in [-0.4, -0.2) is 45.4 Å². The number of hydrogen-bond donors (Lipinski definition) is 0. The SMILES string of the molecule is O=C1CC(S(=O)(=O)F)CN1c1ccccc1OC1CCOCC1. The highest BCUT2D eigenvalue weighted by Gasteiger charge is 2.40. The van der Waals surface area contributed by atoms with Crippen LogP contribution in [0.25, 0.3) is 0 Å². The molecule has 1 aromatic rings. The molecule has 0 N–H and O–H groups in total. The molecule has 1 amide bonds. The number of amides is 1. The standard InChI is InChI=1S/C15H18FNO5S/c16-23(19,20)12-9-15(18)17(10-12)13-3-1-2-4-14(13)22-11-5-7-21-8-6-11/h1-4,11-12H,5-10H2. The first-order chi connectivity index (χ1) is 10.9. The summed E-state index contributed by atoms with van der Waals surface area (Å²) in [6, 6.07) is 6.92. The molecule has 1 atom stereocenters. The molecule has 3 rings (SSSR count). The summed E-state index contributed by atoms with van der Waals surface area (Å²) in [7, 11) is -4.74. The number of nitrogens with zero attached hydrogens (tertiary/aromatic N) is 1. The maximum atomic E-state index is 13.2. The smallest absolute Gasteiger partial charge is 0.307 e. The Morgan fingerprint density at radius 1 is 1.22 bits per heavy atom. The fourth-order valence-electron chi connectivity index (χ4n) is 2.85. The van der Waals surface area contributed by atoms with Crippen LogP contribution in [0.5, 0.6) is 5.75 Å². The maximum absolute atomic E-state index is 13.2. The van der Waals surface area contributed by atoms with Crippen LogP contribution in [0.1, 0.15) is 19.3 Å². The Balaban J connectivity index is 1.81. The van der Waals surface area contributed by atoms with Gasteiger partial charge in [-0.05, 0) is 12.1 Å². The van der Waals surface area contributed by atoms with Crippen LogP contribution >= 0.6 is 0 Å². The van der Waals surface area contributed by atoms with Crippen LogP contribution in [0.15, 0.2) is 24.3 Å². The largest absolute Gasteiger partial charge is 0.488 e. The van der Waals surface area contributed by atoms with Gasteiger partial charge in [-0.3, -0.25) is 4.79 Å². The van der Waals surface area contributed by atoms with E-state index in [1.165, 1.54) is 4.90 Å². The molecule has 0 aromatic heterocycles. The predicted molar refractivity (Wildman–Crippen MR) is 81.7 cm³/mol. The molecule has 8 heteroatoms. The van der Waals surface area contributed by atoms with Crippen LogP contribution in [0.4, 0.5) is 9.57 Å². The summed E-state index contributed by atoms with van der Waals surface area (Å²) >= 11 is 0. The van der Waals surface area contributed by atoms with Crippen molar-refractivity contribution < 1.29 is 26.6 Å². The molecule has 2 fully saturated rings. The molecule has 0 aliphatic carbocycles. The number of carbonyl (C=O) groups excluding carboxylic acids is 1. The molecule has 0 spiro atoms. The molecule has 2 aliphatic rings. The summed E-state index contributed by atoms with van der Waals surface area (Å²) < 4.78 is 46.5. The molecule has 0 saturated carbocycles. The van der Waals surface area contributed by atoms with E-state index < -0.39 is 21.4 Å². The highest BCUT2D eigenvalue weighted by Crippen LogP contribution is 2.34. The molecule has 126 valence electrons. The number of hydrogen-bond acceptors (Lipinski definition) is 5. The quantitative estimate of drug-likeness (QED) is 0.777. The fourth-order valence-corrected chi connectivity index (χ4v) is 3.52. The normalized spacial score (nSPS) is 23.3. The Bertz CT molecular complexity index is 687. The molecule has 2 aliphatic heterocycles. The van der Waals surface area contributed by atoms with E-state index in [0.29, 0.717) is 24.7 Å². The van der Waals surface area contributed by atoms with Crippen molar-refractivity contribution in [1.82, 2.24) is 0 Å². The lowest BCUT2D eigenvalue weighted by Crippen LogP contribution is -2.29. The van der Waals surface area contributed by atoms with Crippen LogP contribution in [0.3, 0.4) is 0 Å². The third-order valence-electron chi connectivity index (χ3n) is 4.11. The van der Waals surface area contributed by atoms with Crippen molar-refractivity contribution in [2.45, 2.75) is 30.6 Å². The van der Waals surface area contributed by atoms with Gasteiger partial charge in [0, 0.05) is 25.8 Å². The van der Waals surface area contributed by atoms with Crippen molar-refractivity contribution >= 4 is 21.8 Å². The van der Waals surface area contributed by atoms with Gasteiger partial charge in [0.2, 0.25) is 5.91 Å². The molecular formula is C15H18FNO5S. The number of anilines is 1. The summed E-state index contributed by atoms with van der Waals surface area (Å²) in [5, 5.41) is -1.31. The van der Waals surface area contributed by atoms with Crippen molar-refractivity contribution in [1.29, 1.82) is 0 Å². The van der Waals surface area contributed by atoms with Crippen molar-refractivity contribution in [2.75, 3.05) is 24.7 Å². The second-order valence-electron chi connectivity index (χ2n) is 5.70. The van der Waals surface area contributed by atoms with E-state index in [1.54, 1.807) is 24.3 Å². The number of para-hydroxylation sites is 2. The monoisotopic (exact) mass is 343 g/mol. The van der Waals surface area contributed by atoms with E-state index in [2.05, 4.69) is 0 Å². The summed E-state index contributed by atoms with van der Waals surface area (Å²) in [4.78, 5) is 13.4. The minimum absolute atomic E-state index is 0.0108. The molecule has 2 saturated heterocycles. The molecule has 0 bridgehead atoms. The van der Waals surface area contributed by atoms with Crippen LogP contribution < -0.4 is 9.64 Å². The molecule has 1 aromatic carbocycles. The third-order valence-corrected chi connectivity index (χ3v) is 5.22. The molecule has 0 radical (unpaired) electrons. The number of halogens is 1. The Morgan fingerprint density at radius 2 is 1.91 bits per heavy atom. The van der Waals surface area contributed by atoms with Gasteiger partial charge in [-0.1, -0.05) is 12.1 Å². The van der Waals surface area contributed by atoms with Gasteiger partial charge in [0.25, 0.3) is 0 Å². The van der Waals surface area contributed by atoms with Crippen molar-refractivity contribution in [3.05, 3.63) is 24.3 Å². The van der Waals surface area contributed by atoms with Crippen LogP contribution in [0, 0.1) is 0 Å². The second kappa shape index (κ2) is 6.45. The number of ether oxygens (including phenoxy) is 2. The zero-order valence-electron chi connectivity index (χ0n) is 12.5. The zero-order valence-corrected chi connectivity index (χ0v) is 13.3. The van der Waals surface area contributed by atoms with Gasteiger partial charge < -0.3 is 14.4 Å². The summed E-state index contributed by atoms with van der Waals surface area (Å²) in [5.41, 5.74) is 0.482. The van der Waals surface area contributed by atoms with E-state index in [1.807, 2.05) is 0 Å². The average molecular weight is 343 g/mol. The Kier molecular flexibility index (Phi) is 4.54. The van der Waals surface area contributed by atoms with Crippen LogP contribution in [0.2, 0.25) is 0 Å². The van der Waals surface area contributed by atoms with Crippen molar-refractivity contribution in [3.63, 3.8) is 0 Å². The number of rotatable bonds is 4.